The van der Waals surface area contributed by atoms with Crippen LogP contribution in [-0.4, -0.2) is 11.5 Å². The predicted octanol–water partition coefficient (Wildman–Crippen LogP) is 4.79. The smallest absolute Gasteiger partial charge is 0.0609 e. The molecule has 4 heteroatoms. The summed E-state index contributed by atoms with van der Waals surface area (Å²) in [4.78, 5) is 4.24. The van der Waals surface area contributed by atoms with Crippen molar-refractivity contribution in [2.45, 2.75) is 26.3 Å². The summed E-state index contributed by atoms with van der Waals surface area (Å²) in [5, 5.41) is 4.93. The highest BCUT2D eigenvalue weighted by atomic mass is 35.5. The van der Waals surface area contributed by atoms with Gasteiger partial charge in [0.25, 0.3) is 0 Å². The Balaban J connectivity index is 2.47. The highest BCUT2D eigenvalue weighted by Crippen LogP contribution is 2.31. The maximum Gasteiger partial charge on any atom is 0.0609 e. The molecule has 106 valence electrons. The molecule has 0 radical (unpaired) electrons. The summed E-state index contributed by atoms with van der Waals surface area (Å²) in [6.45, 7) is 5.12. The molecule has 1 aromatic carbocycles. The van der Waals surface area contributed by atoms with Crippen LogP contribution in [0.1, 0.15) is 36.1 Å². The number of halogens is 2. The third kappa shape index (κ3) is 3.51. The van der Waals surface area contributed by atoms with Crippen molar-refractivity contribution in [2.75, 3.05) is 6.54 Å². The molecular weight excluding hydrogens is 291 g/mol. The van der Waals surface area contributed by atoms with Gasteiger partial charge >= 0.3 is 0 Å². The Hall–Kier alpha value is -1.09. The number of pyridine rings is 1. The van der Waals surface area contributed by atoms with Crippen LogP contribution in [0, 0.1) is 6.92 Å². The van der Waals surface area contributed by atoms with Crippen molar-refractivity contribution >= 4 is 23.2 Å². The van der Waals surface area contributed by atoms with E-state index in [0.717, 1.165) is 24.1 Å². The van der Waals surface area contributed by atoms with Gasteiger partial charge in [0.1, 0.15) is 0 Å². The van der Waals surface area contributed by atoms with Crippen molar-refractivity contribution < 1.29 is 0 Å². The van der Waals surface area contributed by atoms with Crippen LogP contribution in [0.3, 0.4) is 0 Å². The van der Waals surface area contributed by atoms with Gasteiger partial charge in [0.2, 0.25) is 0 Å². The number of hydrogen-bond donors (Lipinski definition) is 1. The summed E-state index contributed by atoms with van der Waals surface area (Å²) in [5.41, 5.74) is 3.30. The summed E-state index contributed by atoms with van der Waals surface area (Å²) in [6, 6.07) is 7.58. The standard InChI is InChI=1S/C16H18Cl2N2/c1-3-7-20-16(14-10-19-8-6-11(14)2)13-9-12(17)4-5-15(13)18/h4-6,8-10,16,20H,3,7H2,1-2H3. The van der Waals surface area contributed by atoms with Gasteiger partial charge in [-0.3, -0.25) is 4.98 Å². The average molecular weight is 309 g/mol. The molecular formula is C16H18Cl2N2. The molecule has 1 atom stereocenters. The Labute approximate surface area is 130 Å². The van der Waals surface area contributed by atoms with Crippen molar-refractivity contribution in [3.05, 3.63) is 63.4 Å². The zero-order valence-electron chi connectivity index (χ0n) is 11.7. The molecule has 2 nitrogen and oxygen atoms in total. The first kappa shape index (κ1) is 15.3. The van der Waals surface area contributed by atoms with Crippen LogP contribution < -0.4 is 5.32 Å². The van der Waals surface area contributed by atoms with E-state index in [1.54, 1.807) is 12.3 Å². The fourth-order valence-electron chi connectivity index (χ4n) is 2.19. The van der Waals surface area contributed by atoms with E-state index in [-0.39, 0.29) is 6.04 Å². The van der Waals surface area contributed by atoms with Gasteiger partial charge in [0, 0.05) is 22.4 Å². The van der Waals surface area contributed by atoms with E-state index in [0.29, 0.717) is 10.0 Å². The summed E-state index contributed by atoms with van der Waals surface area (Å²) >= 11 is 12.5. The summed E-state index contributed by atoms with van der Waals surface area (Å²) in [5.74, 6) is 0. The Morgan fingerprint density at radius 1 is 1.20 bits per heavy atom. The summed E-state index contributed by atoms with van der Waals surface area (Å²) < 4.78 is 0. The number of hydrogen-bond acceptors (Lipinski definition) is 2. The topological polar surface area (TPSA) is 24.9 Å². The highest BCUT2D eigenvalue weighted by Gasteiger charge is 2.18. The van der Waals surface area contributed by atoms with E-state index < -0.39 is 0 Å². The third-order valence-corrected chi connectivity index (χ3v) is 3.84. The maximum atomic E-state index is 6.35. The molecule has 2 aromatic rings. The third-order valence-electron chi connectivity index (χ3n) is 3.26. The van der Waals surface area contributed by atoms with Crippen LogP contribution in [0.5, 0.6) is 0 Å². The van der Waals surface area contributed by atoms with Crippen molar-refractivity contribution in [1.29, 1.82) is 0 Å². The molecule has 0 amide bonds. The van der Waals surface area contributed by atoms with Crippen molar-refractivity contribution in [2.24, 2.45) is 0 Å². The van der Waals surface area contributed by atoms with Gasteiger partial charge in [-0.15, -0.1) is 0 Å². The van der Waals surface area contributed by atoms with Crippen LogP contribution >= 0.6 is 23.2 Å². The molecule has 0 aliphatic heterocycles. The fraction of sp³-hybridized carbons (Fsp3) is 0.312. The van der Waals surface area contributed by atoms with Gasteiger partial charge in [0.05, 0.1) is 6.04 Å². The van der Waals surface area contributed by atoms with Crippen LogP contribution in [0.2, 0.25) is 10.0 Å². The maximum absolute atomic E-state index is 6.35. The Morgan fingerprint density at radius 3 is 2.70 bits per heavy atom. The van der Waals surface area contributed by atoms with Gasteiger partial charge in [0.15, 0.2) is 0 Å². The molecule has 1 heterocycles. The van der Waals surface area contributed by atoms with Gasteiger partial charge in [-0.25, -0.2) is 0 Å². The average Bonchev–Trinajstić information content (AvgIpc) is 2.44. The second-order valence-electron chi connectivity index (χ2n) is 4.79. The van der Waals surface area contributed by atoms with Gasteiger partial charge in [-0.05, 0) is 60.8 Å². The van der Waals surface area contributed by atoms with E-state index in [2.05, 4.69) is 24.1 Å². The van der Waals surface area contributed by atoms with Gasteiger partial charge in [-0.2, -0.15) is 0 Å². The lowest BCUT2D eigenvalue weighted by molar-refractivity contribution is 0.595. The second-order valence-corrected chi connectivity index (χ2v) is 5.63. The first-order chi connectivity index (χ1) is 9.63. The molecule has 1 unspecified atom stereocenters. The second kappa shape index (κ2) is 7.07. The van der Waals surface area contributed by atoms with Gasteiger partial charge < -0.3 is 5.32 Å². The van der Waals surface area contributed by atoms with E-state index in [9.17, 15) is 0 Å². The molecule has 2 rings (SSSR count). The first-order valence-corrected chi connectivity index (χ1v) is 7.48. The zero-order chi connectivity index (χ0) is 14.5. The lowest BCUT2D eigenvalue weighted by Gasteiger charge is -2.22. The van der Waals surface area contributed by atoms with E-state index in [1.807, 2.05) is 24.4 Å². The van der Waals surface area contributed by atoms with E-state index in [1.165, 1.54) is 5.56 Å². The lowest BCUT2D eigenvalue weighted by Crippen LogP contribution is -2.24. The van der Waals surface area contributed by atoms with Crippen LogP contribution in [-0.2, 0) is 0 Å². The van der Waals surface area contributed by atoms with Crippen molar-refractivity contribution in [1.82, 2.24) is 10.3 Å². The molecule has 0 saturated carbocycles. The number of aryl methyl sites for hydroxylation is 1. The Kier molecular flexibility index (Phi) is 5.41. The fourth-order valence-corrected chi connectivity index (χ4v) is 2.60. The predicted molar refractivity (Wildman–Crippen MR) is 85.6 cm³/mol. The monoisotopic (exact) mass is 308 g/mol. The van der Waals surface area contributed by atoms with E-state index >= 15 is 0 Å². The molecule has 1 aromatic heterocycles. The molecule has 0 aliphatic rings. The minimum atomic E-state index is 0.00912. The molecule has 0 spiro atoms. The number of nitrogens with one attached hydrogen (secondary N) is 1. The molecule has 20 heavy (non-hydrogen) atoms. The van der Waals surface area contributed by atoms with Crippen molar-refractivity contribution in [3.63, 3.8) is 0 Å². The molecule has 0 saturated heterocycles. The number of nitrogens with zero attached hydrogens (tertiary/aromatic N) is 1. The molecule has 0 bridgehead atoms. The number of aromatic nitrogens is 1. The molecule has 1 N–H and O–H groups in total. The SMILES string of the molecule is CCCNC(c1cnccc1C)c1cc(Cl)ccc1Cl. The van der Waals surface area contributed by atoms with Crippen LogP contribution in [0.15, 0.2) is 36.7 Å². The number of benzene rings is 1. The molecule has 0 aliphatic carbocycles. The summed E-state index contributed by atoms with van der Waals surface area (Å²) in [6.07, 6.45) is 4.74. The highest BCUT2D eigenvalue weighted by molar-refractivity contribution is 6.33. The zero-order valence-corrected chi connectivity index (χ0v) is 13.2. The van der Waals surface area contributed by atoms with Crippen LogP contribution in [0.25, 0.3) is 0 Å². The van der Waals surface area contributed by atoms with E-state index in [4.69, 9.17) is 23.2 Å². The first-order valence-electron chi connectivity index (χ1n) is 6.72. The Morgan fingerprint density at radius 2 is 2.00 bits per heavy atom. The lowest BCUT2D eigenvalue weighted by atomic mass is 9.96. The van der Waals surface area contributed by atoms with Crippen LogP contribution in [0.4, 0.5) is 0 Å². The Bertz CT molecular complexity index is 584. The molecule has 0 fully saturated rings. The normalized spacial score (nSPS) is 12.4. The largest absolute Gasteiger partial charge is 0.306 e. The quantitative estimate of drug-likeness (QED) is 0.859. The minimum Gasteiger partial charge on any atom is -0.306 e. The summed E-state index contributed by atoms with van der Waals surface area (Å²) in [7, 11) is 0. The minimum absolute atomic E-state index is 0.00912. The van der Waals surface area contributed by atoms with Gasteiger partial charge in [-0.1, -0.05) is 30.1 Å². The van der Waals surface area contributed by atoms with Crippen molar-refractivity contribution in [3.8, 4) is 0 Å². The number of rotatable bonds is 5.